The van der Waals surface area contributed by atoms with Gasteiger partial charge in [-0.2, -0.15) is 0 Å². The number of esters is 1. The maximum atomic E-state index is 11.9. The minimum Gasteiger partial charge on any atom is -0.462 e. The van der Waals surface area contributed by atoms with E-state index < -0.39 is 0 Å². The van der Waals surface area contributed by atoms with Crippen LogP contribution in [0.1, 0.15) is 50.4 Å². The second-order valence-corrected chi connectivity index (χ2v) is 6.11. The van der Waals surface area contributed by atoms with Gasteiger partial charge in [0.1, 0.15) is 0 Å². The van der Waals surface area contributed by atoms with Gasteiger partial charge >= 0.3 is 5.97 Å². The minimum absolute atomic E-state index is 0.341. The van der Waals surface area contributed by atoms with Gasteiger partial charge in [0.15, 0.2) is 0 Å². The Bertz CT molecular complexity index is 506. The number of nitrogens with zero attached hydrogens (tertiary/aromatic N) is 1. The van der Waals surface area contributed by atoms with E-state index in [1.165, 1.54) is 6.42 Å². The van der Waals surface area contributed by atoms with Crippen LogP contribution in [-0.4, -0.2) is 25.7 Å². The lowest BCUT2D eigenvalue weighted by Crippen LogP contribution is -2.38. The first-order valence-electron chi connectivity index (χ1n) is 7.81. The van der Waals surface area contributed by atoms with Gasteiger partial charge in [-0.05, 0) is 37.3 Å². The van der Waals surface area contributed by atoms with E-state index in [1.807, 2.05) is 12.1 Å². The molecule has 1 heterocycles. The minimum atomic E-state index is -0.341. The van der Waals surface area contributed by atoms with E-state index in [0.717, 1.165) is 31.6 Å². The second kappa shape index (κ2) is 6.37. The van der Waals surface area contributed by atoms with E-state index in [-0.39, 0.29) is 5.97 Å². The molecule has 2 N–H and O–H groups in total. The molecule has 4 heteroatoms. The van der Waals surface area contributed by atoms with Crippen molar-refractivity contribution in [1.82, 2.24) is 0 Å². The van der Waals surface area contributed by atoms with Crippen molar-refractivity contribution in [3.63, 3.8) is 0 Å². The lowest BCUT2D eigenvalue weighted by molar-refractivity contribution is 0.0527. The van der Waals surface area contributed by atoms with E-state index in [0.29, 0.717) is 23.3 Å². The molecule has 0 unspecified atom stereocenters. The number of rotatable bonds is 4. The third-order valence-electron chi connectivity index (χ3n) is 4.74. The number of hydrogen-bond donors (Lipinski definition) is 1. The number of carbonyl (C=O) groups is 1. The molecule has 116 valence electrons. The van der Waals surface area contributed by atoms with E-state index in [9.17, 15) is 4.79 Å². The molecule has 1 aliphatic heterocycles. The third-order valence-corrected chi connectivity index (χ3v) is 4.74. The quantitative estimate of drug-likeness (QED) is 0.681. The summed E-state index contributed by atoms with van der Waals surface area (Å²) in [6.07, 6.45) is 3.53. The predicted molar refractivity (Wildman–Crippen MR) is 86.7 cm³/mol. The molecule has 1 saturated heterocycles. The molecule has 1 aromatic carbocycles. The van der Waals surface area contributed by atoms with Crippen LogP contribution in [0.5, 0.6) is 0 Å². The molecule has 1 aromatic rings. The smallest absolute Gasteiger partial charge is 0.340 e. The number of ether oxygens (including phenoxy) is 1. The average molecular weight is 290 g/mol. The van der Waals surface area contributed by atoms with E-state index in [4.69, 9.17) is 10.5 Å². The zero-order chi connectivity index (χ0) is 15.5. The van der Waals surface area contributed by atoms with Crippen LogP contribution in [0.25, 0.3) is 0 Å². The Morgan fingerprint density at radius 2 is 2.00 bits per heavy atom. The Kier molecular flexibility index (Phi) is 4.76. The second-order valence-electron chi connectivity index (χ2n) is 6.11. The normalized spacial score (nSPS) is 17.6. The molecule has 1 fully saturated rings. The van der Waals surface area contributed by atoms with Gasteiger partial charge < -0.3 is 15.4 Å². The van der Waals surface area contributed by atoms with Gasteiger partial charge in [0.05, 0.1) is 23.5 Å². The summed E-state index contributed by atoms with van der Waals surface area (Å²) in [6, 6.07) is 5.61. The zero-order valence-electron chi connectivity index (χ0n) is 13.3. The fourth-order valence-corrected chi connectivity index (χ4v) is 2.86. The number of nitrogens with two attached hydrogens (primary N) is 1. The summed E-state index contributed by atoms with van der Waals surface area (Å²) < 4.78 is 5.06. The molecule has 0 aromatic heterocycles. The number of anilines is 2. The summed E-state index contributed by atoms with van der Waals surface area (Å²) >= 11 is 0. The first-order valence-corrected chi connectivity index (χ1v) is 7.81. The highest BCUT2D eigenvalue weighted by Crippen LogP contribution is 2.37. The van der Waals surface area contributed by atoms with Crippen LogP contribution in [-0.2, 0) is 4.74 Å². The number of carbonyl (C=O) groups excluding carboxylic acids is 1. The molecule has 0 bridgehead atoms. The van der Waals surface area contributed by atoms with Gasteiger partial charge in [0.2, 0.25) is 0 Å². The number of para-hydroxylation sites is 1. The third kappa shape index (κ3) is 3.31. The van der Waals surface area contributed by atoms with Gasteiger partial charge in [-0.1, -0.05) is 26.3 Å². The van der Waals surface area contributed by atoms with Crippen molar-refractivity contribution in [1.29, 1.82) is 0 Å². The van der Waals surface area contributed by atoms with E-state index >= 15 is 0 Å². The van der Waals surface area contributed by atoms with Crippen LogP contribution in [0.4, 0.5) is 11.4 Å². The Balaban J connectivity index is 2.18. The average Bonchev–Trinajstić information content (AvgIpc) is 2.49. The molecule has 21 heavy (non-hydrogen) atoms. The van der Waals surface area contributed by atoms with Crippen molar-refractivity contribution >= 4 is 17.3 Å². The monoisotopic (exact) mass is 290 g/mol. The van der Waals surface area contributed by atoms with Crippen LogP contribution in [0.3, 0.4) is 0 Å². The van der Waals surface area contributed by atoms with E-state index in [2.05, 4.69) is 18.7 Å². The lowest BCUT2D eigenvalue weighted by atomic mass is 9.78. The summed E-state index contributed by atoms with van der Waals surface area (Å²) in [5, 5.41) is 0. The largest absolute Gasteiger partial charge is 0.462 e. The molecule has 0 saturated carbocycles. The predicted octanol–water partition coefficient (Wildman–Crippen LogP) is 3.46. The molecule has 0 amide bonds. The molecule has 0 spiro atoms. The van der Waals surface area contributed by atoms with Crippen molar-refractivity contribution in [2.45, 2.75) is 40.0 Å². The number of piperidine rings is 1. The fourth-order valence-electron chi connectivity index (χ4n) is 2.86. The Morgan fingerprint density at radius 1 is 1.33 bits per heavy atom. The molecule has 0 aliphatic carbocycles. The molecule has 0 radical (unpaired) electrons. The van der Waals surface area contributed by atoms with Crippen molar-refractivity contribution < 1.29 is 9.53 Å². The van der Waals surface area contributed by atoms with Crippen LogP contribution in [0, 0.1) is 5.41 Å². The molecule has 0 atom stereocenters. The first-order chi connectivity index (χ1) is 10.0. The molecule has 1 aliphatic rings. The molecular weight excluding hydrogens is 264 g/mol. The summed E-state index contributed by atoms with van der Waals surface area (Å²) in [5.74, 6) is -0.341. The summed E-state index contributed by atoms with van der Waals surface area (Å²) in [5.41, 5.74) is 8.60. The Morgan fingerprint density at radius 3 is 2.57 bits per heavy atom. The van der Waals surface area contributed by atoms with Gasteiger partial charge in [-0.3, -0.25) is 0 Å². The lowest BCUT2D eigenvalue weighted by Gasteiger charge is -2.40. The zero-order valence-corrected chi connectivity index (χ0v) is 13.3. The summed E-state index contributed by atoms with van der Waals surface area (Å²) in [6.45, 7) is 8.74. The highest BCUT2D eigenvalue weighted by molar-refractivity contribution is 5.98. The van der Waals surface area contributed by atoms with Crippen LogP contribution >= 0.6 is 0 Å². The van der Waals surface area contributed by atoms with Gasteiger partial charge in [-0.15, -0.1) is 0 Å². The van der Waals surface area contributed by atoms with Crippen molar-refractivity contribution in [3.8, 4) is 0 Å². The van der Waals surface area contributed by atoms with Crippen molar-refractivity contribution in [2.75, 3.05) is 30.3 Å². The van der Waals surface area contributed by atoms with Crippen molar-refractivity contribution in [2.24, 2.45) is 5.41 Å². The van der Waals surface area contributed by atoms with Gasteiger partial charge in [-0.25, -0.2) is 4.79 Å². The summed E-state index contributed by atoms with van der Waals surface area (Å²) in [4.78, 5) is 14.2. The van der Waals surface area contributed by atoms with Crippen LogP contribution in [0.2, 0.25) is 0 Å². The fraction of sp³-hybridized carbons (Fsp3) is 0.588. The highest BCUT2D eigenvalue weighted by atomic mass is 16.5. The Hall–Kier alpha value is -1.71. The van der Waals surface area contributed by atoms with Crippen molar-refractivity contribution in [3.05, 3.63) is 23.8 Å². The Labute approximate surface area is 127 Å². The number of benzene rings is 1. The topological polar surface area (TPSA) is 55.6 Å². The van der Waals surface area contributed by atoms with Crippen LogP contribution in [0.15, 0.2) is 18.2 Å². The highest BCUT2D eigenvalue weighted by Gasteiger charge is 2.29. The number of hydrogen-bond acceptors (Lipinski definition) is 4. The summed E-state index contributed by atoms with van der Waals surface area (Å²) in [7, 11) is 0. The first kappa shape index (κ1) is 15.7. The maximum Gasteiger partial charge on any atom is 0.340 e. The SMILES string of the molecule is CCOC(=O)c1cccc(N2CCC(C)(CC)CC2)c1N. The number of nitrogen functional groups attached to an aromatic ring is 1. The molecule has 4 nitrogen and oxygen atoms in total. The van der Waals surface area contributed by atoms with Gasteiger partial charge in [0.25, 0.3) is 0 Å². The maximum absolute atomic E-state index is 11.9. The van der Waals surface area contributed by atoms with E-state index in [1.54, 1.807) is 13.0 Å². The van der Waals surface area contributed by atoms with Gasteiger partial charge in [0, 0.05) is 13.1 Å². The van der Waals surface area contributed by atoms with Crippen LogP contribution < -0.4 is 10.6 Å². The molecular formula is C17H26N2O2. The molecule has 2 rings (SSSR count). The standard InChI is InChI=1S/C17H26N2O2/c1-4-17(3)9-11-19(12-10-17)14-8-6-7-13(15(14)18)16(20)21-5-2/h6-8H,4-5,9-12,18H2,1-3H3.